The van der Waals surface area contributed by atoms with Crippen molar-refractivity contribution in [2.75, 3.05) is 4.90 Å². The number of amides is 2. The van der Waals surface area contributed by atoms with Crippen LogP contribution in [0.5, 0.6) is 5.75 Å². The van der Waals surface area contributed by atoms with Gasteiger partial charge < -0.3 is 4.74 Å². The van der Waals surface area contributed by atoms with Crippen LogP contribution in [0.1, 0.15) is 11.1 Å². The number of benzene rings is 4. The number of fused-ring (bicyclic) bond motifs is 1. The Balaban J connectivity index is 1.33. The van der Waals surface area contributed by atoms with Gasteiger partial charge in [0.05, 0.1) is 5.69 Å². The second-order valence-electron chi connectivity index (χ2n) is 7.79. The van der Waals surface area contributed by atoms with E-state index in [0.29, 0.717) is 23.6 Å². The zero-order chi connectivity index (χ0) is 23.5. The van der Waals surface area contributed by atoms with E-state index in [9.17, 15) is 9.59 Å². The molecule has 1 fully saturated rings. The van der Waals surface area contributed by atoms with Crippen molar-refractivity contribution in [2.24, 2.45) is 0 Å². The number of hydrogen-bond acceptors (Lipinski definition) is 4. The van der Waals surface area contributed by atoms with Gasteiger partial charge in [0, 0.05) is 0 Å². The van der Waals surface area contributed by atoms with Crippen LogP contribution in [0.3, 0.4) is 0 Å². The van der Waals surface area contributed by atoms with Crippen molar-refractivity contribution in [3.05, 3.63) is 114 Å². The Morgan fingerprint density at radius 1 is 0.824 bits per heavy atom. The first-order valence-corrected chi connectivity index (χ1v) is 11.2. The van der Waals surface area contributed by atoms with Crippen molar-refractivity contribution >= 4 is 51.7 Å². The molecule has 4 aromatic carbocycles. The van der Waals surface area contributed by atoms with Gasteiger partial charge in [0.25, 0.3) is 11.8 Å². The lowest BCUT2D eigenvalue weighted by Gasteiger charge is -2.28. The molecule has 1 heterocycles. The fraction of sp³-hybridized carbons (Fsp3) is 0.0357. The van der Waals surface area contributed by atoms with Crippen molar-refractivity contribution in [3.8, 4) is 5.75 Å². The summed E-state index contributed by atoms with van der Waals surface area (Å²) in [6.45, 7) is 0.437. The highest BCUT2D eigenvalue weighted by molar-refractivity contribution is 7.80. The molecule has 0 unspecified atom stereocenters. The maximum Gasteiger partial charge on any atom is 0.270 e. The summed E-state index contributed by atoms with van der Waals surface area (Å²) in [6.07, 6.45) is 1.56. The molecule has 5 nitrogen and oxygen atoms in total. The largest absolute Gasteiger partial charge is 0.489 e. The SMILES string of the molecule is O=C1NC(=S)N(c2ccccc2)C(=O)/C1=C\c1ccc(OCc2cccc3ccccc23)cc1. The van der Waals surface area contributed by atoms with Crippen LogP contribution >= 0.6 is 12.2 Å². The third-order valence-corrected chi connectivity index (χ3v) is 5.87. The van der Waals surface area contributed by atoms with Crippen LogP contribution in [0, 0.1) is 0 Å². The third-order valence-electron chi connectivity index (χ3n) is 5.58. The lowest BCUT2D eigenvalue weighted by molar-refractivity contribution is -0.122. The molecule has 0 atom stereocenters. The van der Waals surface area contributed by atoms with E-state index >= 15 is 0 Å². The fourth-order valence-corrected chi connectivity index (χ4v) is 4.16. The van der Waals surface area contributed by atoms with E-state index in [1.165, 1.54) is 10.3 Å². The molecule has 0 spiro atoms. The van der Waals surface area contributed by atoms with Crippen LogP contribution in [0.2, 0.25) is 0 Å². The second-order valence-corrected chi connectivity index (χ2v) is 8.18. The van der Waals surface area contributed by atoms with Crippen LogP contribution in [0.25, 0.3) is 16.8 Å². The molecule has 1 aliphatic rings. The average Bonchev–Trinajstić information content (AvgIpc) is 2.86. The Morgan fingerprint density at radius 2 is 1.53 bits per heavy atom. The lowest BCUT2D eigenvalue weighted by atomic mass is 10.1. The number of para-hydroxylation sites is 1. The van der Waals surface area contributed by atoms with Gasteiger partial charge in [-0.05, 0) is 64.5 Å². The van der Waals surface area contributed by atoms with Gasteiger partial charge in [-0.3, -0.25) is 19.8 Å². The number of thiocarbonyl (C=S) groups is 1. The van der Waals surface area contributed by atoms with E-state index in [1.807, 2.05) is 60.7 Å². The Bertz CT molecular complexity index is 1420. The summed E-state index contributed by atoms with van der Waals surface area (Å²) in [5, 5.41) is 5.00. The van der Waals surface area contributed by atoms with Crippen molar-refractivity contribution in [2.45, 2.75) is 6.61 Å². The third kappa shape index (κ3) is 4.31. The summed E-state index contributed by atoms with van der Waals surface area (Å²) in [5.41, 5.74) is 2.42. The molecular formula is C28H20N2O3S. The summed E-state index contributed by atoms with van der Waals surface area (Å²) in [5.74, 6) is -0.281. The quantitative estimate of drug-likeness (QED) is 0.249. The van der Waals surface area contributed by atoms with Gasteiger partial charge >= 0.3 is 0 Å². The molecule has 0 radical (unpaired) electrons. The molecule has 4 aromatic rings. The molecule has 5 rings (SSSR count). The molecule has 0 aliphatic carbocycles. The summed E-state index contributed by atoms with van der Waals surface area (Å²) in [7, 11) is 0. The first-order valence-electron chi connectivity index (χ1n) is 10.8. The van der Waals surface area contributed by atoms with E-state index in [-0.39, 0.29) is 10.7 Å². The number of rotatable bonds is 5. The molecule has 6 heteroatoms. The summed E-state index contributed by atoms with van der Waals surface area (Å²) in [6, 6.07) is 30.6. The molecule has 1 saturated heterocycles. The average molecular weight is 465 g/mol. The van der Waals surface area contributed by atoms with E-state index in [1.54, 1.807) is 18.2 Å². The Kier molecular flexibility index (Phi) is 5.89. The van der Waals surface area contributed by atoms with Crippen molar-refractivity contribution in [3.63, 3.8) is 0 Å². The van der Waals surface area contributed by atoms with Gasteiger partial charge in [-0.15, -0.1) is 0 Å². The van der Waals surface area contributed by atoms with Crippen LogP contribution in [-0.2, 0) is 16.2 Å². The predicted molar refractivity (Wildman–Crippen MR) is 137 cm³/mol. The topological polar surface area (TPSA) is 58.6 Å². The molecule has 0 saturated carbocycles. The first-order chi connectivity index (χ1) is 16.6. The number of ether oxygens (including phenoxy) is 1. The van der Waals surface area contributed by atoms with Crippen LogP contribution in [0.15, 0.2) is 103 Å². The van der Waals surface area contributed by atoms with Crippen LogP contribution in [0.4, 0.5) is 5.69 Å². The Morgan fingerprint density at radius 3 is 2.32 bits per heavy atom. The maximum atomic E-state index is 13.1. The van der Waals surface area contributed by atoms with Gasteiger partial charge in [-0.25, -0.2) is 0 Å². The minimum atomic E-state index is -0.515. The molecular weight excluding hydrogens is 444 g/mol. The number of nitrogens with zero attached hydrogens (tertiary/aromatic N) is 1. The van der Waals surface area contributed by atoms with E-state index in [2.05, 4.69) is 29.6 Å². The minimum Gasteiger partial charge on any atom is -0.489 e. The highest BCUT2D eigenvalue weighted by atomic mass is 32.1. The second kappa shape index (κ2) is 9.29. The molecule has 0 aromatic heterocycles. The zero-order valence-corrected chi connectivity index (χ0v) is 18.9. The molecule has 0 bridgehead atoms. The fourth-order valence-electron chi connectivity index (χ4n) is 3.88. The Labute approximate surface area is 202 Å². The standard InChI is InChI=1S/C28H20N2O3S/c31-26-25(27(32)30(28(34)29-26)22-10-2-1-3-11-22)17-19-13-15-23(16-14-19)33-18-21-9-6-8-20-7-4-5-12-24(20)21/h1-17H,18H2,(H,29,31,34)/b25-17-. The number of nitrogens with one attached hydrogen (secondary N) is 1. The highest BCUT2D eigenvalue weighted by Gasteiger charge is 2.34. The van der Waals surface area contributed by atoms with Gasteiger partial charge in [0.1, 0.15) is 17.9 Å². The van der Waals surface area contributed by atoms with Crippen molar-refractivity contribution in [1.82, 2.24) is 5.32 Å². The van der Waals surface area contributed by atoms with Crippen LogP contribution < -0.4 is 15.0 Å². The number of hydrogen-bond donors (Lipinski definition) is 1. The molecule has 34 heavy (non-hydrogen) atoms. The normalized spacial score (nSPS) is 15.0. The van der Waals surface area contributed by atoms with E-state index in [0.717, 1.165) is 10.9 Å². The molecule has 2 amide bonds. The van der Waals surface area contributed by atoms with Crippen LogP contribution in [-0.4, -0.2) is 16.9 Å². The highest BCUT2D eigenvalue weighted by Crippen LogP contribution is 2.24. The number of carbonyl (C=O) groups excluding carboxylic acids is 2. The Hall–Kier alpha value is -4.29. The van der Waals surface area contributed by atoms with E-state index in [4.69, 9.17) is 17.0 Å². The van der Waals surface area contributed by atoms with Crippen molar-refractivity contribution in [1.29, 1.82) is 0 Å². The van der Waals surface area contributed by atoms with Gasteiger partial charge in [0.15, 0.2) is 5.11 Å². The minimum absolute atomic E-state index is 0.0156. The van der Waals surface area contributed by atoms with Gasteiger partial charge in [-0.1, -0.05) is 72.8 Å². The monoisotopic (exact) mass is 464 g/mol. The summed E-state index contributed by atoms with van der Waals surface area (Å²) >= 11 is 5.23. The van der Waals surface area contributed by atoms with E-state index < -0.39 is 11.8 Å². The predicted octanol–water partition coefficient (Wildman–Crippen LogP) is 5.25. The maximum absolute atomic E-state index is 13.1. The van der Waals surface area contributed by atoms with Gasteiger partial charge in [-0.2, -0.15) is 0 Å². The molecule has 166 valence electrons. The first kappa shape index (κ1) is 21.6. The van der Waals surface area contributed by atoms with Gasteiger partial charge in [0.2, 0.25) is 0 Å². The molecule has 1 N–H and O–H groups in total. The zero-order valence-electron chi connectivity index (χ0n) is 18.1. The number of carbonyl (C=O) groups is 2. The van der Waals surface area contributed by atoms with Crippen molar-refractivity contribution < 1.29 is 14.3 Å². The molecule has 1 aliphatic heterocycles. The lowest BCUT2D eigenvalue weighted by Crippen LogP contribution is -2.54. The summed E-state index contributed by atoms with van der Waals surface area (Å²) < 4.78 is 5.98. The number of anilines is 1. The smallest absolute Gasteiger partial charge is 0.270 e. The summed E-state index contributed by atoms with van der Waals surface area (Å²) in [4.78, 5) is 26.9.